The molecule has 3 amide bonds. The number of nitrogens with one attached hydrogen (secondary N) is 3. The summed E-state index contributed by atoms with van der Waals surface area (Å²) < 4.78 is 38.5. The van der Waals surface area contributed by atoms with Crippen LogP contribution in [0.5, 0.6) is 0 Å². The number of rotatable bonds is 10. The minimum absolute atomic E-state index is 0.0719. The van der Waals surface area contributed by atoms with Crippen molar-refractivity contribution in [1.82, 2.24) is 10.6 Å². The summed E-state index contributed by atoms with van der Waals surface area (Å²) in [4.78, 5) is 38.8. The third kappa shape index (κ3) is 6.84. The van der Waals surface area contributed by atoms with Crippen LogP contribution >= 0.6 is 11.6 Å². The highest BCUT2D eigenvalue weighted by atomic mass is 35.5. The molecule has 3 aromatic rings. The molecular formula is C31H34ClN3O7S. The molecule has 10 nitrogen and oxygen atoms in total. The van der Waals surface area contributed by atoms with E-state index in [1.165, 1.54) is 19.1 Å². The van der Waals surface area contributed by atoms with Gasteiger partial charge in [-0.2, -0.15) is 8.42 Å². The number of alkyl halides is 1. The van der Waals surface area contributed by atoms with Gasteiger partial charge in [0.2, 0.25) is 11.8 Å². The Morgan fingerprint density at radius 2 is 1.56 bits per heavy atom. The maximum absolute atomic E-state index is 13.4. The molecule has 0 bridgehead atoms. The zero-order valence-electron chi connectivity index (χ0n) is 24.2. The Kier molecular flexibility index (Phi) is 9.48. The third-order valence-electron chi connectivity index (χ3n) is 7.83. The Morgan fingerprint density at radius 3 is 2.09 bits per heavy atom. The van der Waals surface area contributed by atoms with Crippen molar-refractivity contribution < 1.29 is 32.1 Å². The van der Waals surface area contributed by atoms with Gasteiger partial charge in [0.1, 0.15) is 23.1 Å². The Hall–Kier alpha value is -3.93. The second-order valence-corrected chi connectivity index (χ2v) is 12.6. The highest BCUT2D eigenvalue weighted by Crippen LogP contribution is 2.44. The molecule has 0 radical (unpaired) electrons. The lowest BCUT2D eigenvalue weighted by atomic mass is 9.87. The molecule has 0 aromatic heterocycles. The molecular weight excluding hydrogens is 594 g/mol. The molecule has 1 unspecified atom stereocenters. The zero-order valence-corrected chi connectivity index (χ0v) is 25.8. The van der Waals surface area contributed by atoms with E-state index in [1.807, 2.05) is 48.5 Å². The molecule has 2 atom stereocenters. The van der Waals surface area contributed by atoms with E-state index in [-0.39, 0.29) is 35.6 Å². The van der Waals surface area contributed by atoms with E-state index >= 15 is 0 Å². The zero-order chi connectivity index (χ0) is 31.5. The monoisotopic (exact) mass is 627 g/mol. The van der Waals surface area contributed by atoms with Gasteiger partial charge in [-0.3, -0.25) is 14.1 Å². The summed E-state index contributed by atoms with van der Waals surface area (Å²) in [6.07, 6.45) is -0.776. The van der Waals surface area contributed by atoms with Crippen molar-refractivity contribution >= 4 is 45.3 Å². The first-order chi connectivity index (χ1) is 20.3. The fraction of sp³-hybridized carbons (Fsp3) is 0.323. The van der Waals surface area contributed by atoms with E-state index < -0.39 is 44.5 Å². The molecule has 4 rings (SSSR count). The van der Waals surface area contributed by atoms with E-state index in [0.717, 1.165) is 28.3 Å². The number of halogens is 1. The van der Waals surface area contributed by atoms with Crippen molar-refractivity contribution in [1.29, 1.82) is 0 Å². The lowest BCUT2D eigenvalue weighted by Crippen LogP contribution is -2.62. The van der Waals surface area contributed by atoms with Gasteiger partial charge >= 0.3 is 6.09 Å². The number of hydrogen-bond donors (Lipinski definition) is 4. The average Bonchev–Trinajstić information content (AvgIpc) is 3.28. The summed E-state index contributed by atoms with van der Waals surface area (Å²) in [5.74, 6) is -1.97. The molecule has 0 spiro atoms. The van der Waals surface area contributed by atoms with E-state index in [4.69, 9.17) is 16.3 Å². The van der Waals surface area contributed by atoms with Crippen molar-refractivity contribution in [2.24, 2.45) is 5.92 Å². The van der Waals surface area contributed by atoms with E-state index in [9.17, 15) is 27.4 Å². The van der Waals surface area contributed by atoms with Gasteiger partial charge < -0.3 is 20.7 Å². The Labute approximate surface area is 255 Å². The van der Waals surface area contributed by atoms with Crippen LogP contribution in [0.4, 0.5) is 10.5 Å². The van der Waals surface area contributed by atoms with Crippen LogP contribution in [0.3, 0.4) is 0 Å². The Morgan fingerprint density at radius 1 is 0.977 bits per heavy atom. The fourth-order valence-corrected chi connectivity index (χ4v) is 6.01. The number of hydrogen-bond acceptors (Lipinski definition) is 6. The summed E-state index contributed by atoms with van der Waals surface area (Å²) in [7, 11) is -4.58. The smallest absolute Gasteiger partial charge is 0.408 e. The average molecular weight is 628 g/mol. The number of anilines is 1. The van der Waals surface area contributed by atoms with Gasteiger partial charge in [-0.05, 0) is 59.7 Å². The van der Waals surface area contributed by atoms with Crippen LogP contribution in [-0.4, -0.2) is 49.1 Å². The second kappa shape index (κ2) is 12.7. The number of fused-ring (bicyclic) bond motifs is 3. The molecule has 1 aliphatic carbocycles. The Balaban J connectivity index is 1.40. The molecule has 4 N–H and O–H groups in total. The van der Waals surface area contributed by atoms with Crippen LogP contribution in [-0.2, 0) is 30.3 Å². The van der Waals surface area contributed by atoms with Crippen molar-refractivity contribution in [3.8, 4) is 11.1 Å². The molecule has 0 fully saturated rings. The van der Waals surface area contributed by atoms with Crippen molar-refractivity contribution in [3.63, 3.8) is 0 Å². The lowest BCUT2D eigenvalue weighted by Gasteiger charge is -2.34. The maximum atomic E-state index is 13.4. The summed E-state index contributed by atoms with van der Waals surface area (Å²) in [5.41, 5.74) is 3.11. The van der Waals surface area contributed by atoms with Crippen LogP contribution in [0, 0.1) is 5.92 Å². The minimum Gasteiger partial charge on any atom is -0.449 e. The highest BCUT2D eigenvalue weighted by Gasteiger charge is 2.40. The standard InChI is InChI=1S/C31H34ClN3O7S/c1-18(2)31(4,29(37)33-19(3)28(36)34-21-14-13-20(16-32)27(15-21)43(39,40)41)35-30(38)42-17-26-24-11-7-5-9-22(24)23-10-6-8-12-25(23)26/h5-15,18-19,26H,16-17H2,1-4H3,(H,33,37)(H,34,36)(H,35,38)(H,39,40,41)/t19-,31?/m0/s1. The van der Waals surface area contributed by atoms with Gasteiger partial charge in [0.25, 0.3) is 10.1 Å². The summed E-state index contributed by atoms with van der Waals surface area (Å²) in [6, 6.07) is 18.7. The van der Waals surface area contributed by atoms with Gasteiger partial charge in [-0.1, -0.05) is 68.4 Å². The van der Waals surface area contributed by atoms with Crippen LogP contribution in [0.1, 0.15) is 50.3 Å². The molecule has 0 saturated heterocycles. The number of ether oxygens (including phenoxy) is 1. The van der Waals surface area contributed by atoms with Crippen molar-refractivity contribution in [2.45, 2.75) is 56.0 Å². The molecule has 228 valence electrons. The molecule has 3 aromatic carbocycles. The van der Waals surface area contributed by atoms with E-state index in [2.05, 4.69) is 16.0 Å². The first kappa shape index (κ1) is 32.0. The lowest BCUT2D eigenvalue weighted by molar-refractivity contribution is -0.131. The number of carbonyl (C=O) groups excluding carboxylic acids is 3. The number of carbonyl (C=O) groups is 3. The van der Waals surface area contributed by atoms with Gasteiger partial charge in [-0.15, -0.1) is 11.6 Å². The molecule has 0 heterocycles. The minimum atomic E-state index is -4.58. The molecule has 0 aliphatic heterocycles. The largest absolute Gasteiger partial charge is 0.449 e. The topological polar surface area (TPSA) is 151 Å². The fourth-order valence-electron chi connectivity index (χ4n) is 4.96. The highest BCUT2D eigenvalue weighted by molar-refractivity contribution is 7.85. The van der Waals surface area contributed by atoms with Crippen molar-refractivity contribution in [3.05, 3.63) is 83.4 Å². The van der Waals surface area contributed by atoms with Crippen LogP contribution < -0.4 is 16.0 Å². The summed E-state index contributed by atoms with van der Waals surface area (Å²) >= 11 is 5.75. The molecule has 43 heavy (non-hydrogen) atoms. The molecule has 0 saturated carbocycles. The van der Waals surface area contributed by atoms with Crippen LogP contribution in [0.25, 0.3) is 11.1 Å². The van der Waals surface area contributed by atoms with Crippen LogP contribution in [0.2, 0.25) is 0 Å². The van der Waals surface area contributed by atoms with E-state index in [1.54, 1.807) is 20.8 Å². The summed E-state index contributed by atoms with van der Waals surface area (Å²) in [5, 5.41) is 7.81. The van der Waals surface area contributed by atoms with Gasteiger partial charge in [0, 0.05) is 17.5 Å². The maximum Gasteiger partial charge on any atom is 0.408 e. The number of alkyl carbamates (subject to hydrolysis) is 1. The quantitative estimate of drug-likeness (QED) is 0.181. The third-order valence-corrected chi connectivity index (χ3v) is 9.05. The Bertz CT molecular complexity index is 1620. The predicted octanol–water partition coefficient (Wildman–Crippen LogP) is 5.07. The SMILES string of the molecule is CC(C)C(C)(NC(=O)OCC1c2ccccc2-c2ccccc21)C(=O)N[C@@H](C)C(=O)Nc1ccc(CCl)c(S(=O)(=O)O)c1. The van der Waals surface area contributed by atoms with Gasteiger partial charge in [-0.25, -0.2) is 4.79 Å². The second-order valence-electron chi connectivity index (χ2n) is 10.9. The van der Waals surface area contributed by atoms with Gasteiger partial charge in [0.05, 0.1) is 0 Å². The first-order valence-electron chi connectivity index (χ1n) is 13.7. The number of benzene rings is 3. The normalized spacial score (nSPS) is 14.7. The van der Waals surface area contributed by atoms with Gasteiger partial charge in [0.15, 0.2) is 0 Å². The van der Waals surface area contributed by atoms with Crippen LogP contribution in [0.15, 0.2) is 71.6 Å². The molecule has 1 aliphatic rings. The predicted molar refractivity (Wildman–Crippen MR) is 163 cm³/mol. The number of amides is 3. The van der Waals surface area contributed by atoms with Crippen molar-refractivity contribution in [2.75, 3.05) is 11.9 Å². The van der Waals surface area contributed by atoms with E-state index in [0.29, 0.717) is 0 Å². The summed E-state index contributed by atoms with van der Waals surface area (Å²) in [6.45, 7) is 6.57. The first-order valence-corrected chi connectivity index (χ1v) is 15.6. The molecule has 12 heteroatoms.